The number of halogens is 2. The summed E-state index contributed by atoms with van der Waals surface area (Å²) in [4.78, 5) is 29.2. The van der Waals surface area contributed by atoms with E-state index in [1.807, 2.05) is 24.3 Å². The number of benzene rings is 1. The van der Waals surface area contributed by atoms with Crippen LogP contribution in [0.1, 0.15) is 23.3 Å². The first-order valence-corrected chi connectivity index (χ1v) is 9.84. The Morgan fingerprint density at radius 1 is 1.27 bits per heavy atom. The molecule has 0 bridgehead atoms. The average molecular weight is 485 g/mol. The van der Waals surface area contributed by atoms with Crippen LogP contribution in [0.3, 0.4) is 0 Å². The smallest absolute Gasteiger partial charge is 0.310 e. The molecule has 1 unspecified atom stereocenters. The Balaban J connectivity index is 1.64. The molecular weight excluding hydrogens is 466 g/mol. The molecule has 1 saturated heterocycles. The Morgan fingerprint density at radius 2 is 2.00 bits per heavy atom. The van der Waals surface area contributed by atoms with Gasteiger partial charge in [-0.1, -0.05) is 0 Å². The van der Waals surface area contributed by atoms with Crippen molar-refractivity contribution in [2.45, 2.75) is 12.8 Å². The minimum absolute atomic E-state index is 0.0853. The zero-order valence-electron chi connectivity index (χ0n) is 14.2. The summed E-state index contributed by atoms with van der Waals surface area (Å²) in [5, 5.41) is 2.86. The highest BCUT2D eigenvalue weighted by atomic mass is 79.9. The minimum atomic E-state index is -0.215. The van der Waals surface area contributed by atoms with E-state index >= 15 is 0 Å². The fourth-order valence-corrected chi connectivity index (χ4v) is 3.71. The van der Waals surface area contributed by atoms with Crippen LogP contribution in [-0.4, -0.2) is 37.1 Å². The van der Waals surface area contributed by atoms with Gasteiger partial charge in [-0.2, -0.15) is 0 Å². The first-order valence-electron chi connectivity index (χ1n) is 8.26. The number of nitrogens with one attached hydrogen (secondary N) is 2. The minimum Gasteiger partial charge on any atom is -0.469 e. The molecule has 1 fully saturated rings. The topological polar surface area (TPSA) is 74.4 Å². The van der Waals surface area contributed by atoms with Crippen LogP contribution in [0, 0.1) is 5.92 Å². The molecule has 2 aromatic rings. The van der Waals surface area contributed by atoms with Gasteiger partial charge in [0, 0.05) is 24.5 Å². The number of piperidine rings is 1. The quantitative estimate of drug-likeness (QED) is 0.638. The normalized spacial score (nSPS) is 17.0. The van der Waals surface area contributed by atoms with Crippen molar-refractivity contribution in [3.05, 3.63) is 45.1 Å². The molecule has 1 amide bonds. The molecule has 2 heterocycles. The molecule has 0 spiro atoms. The third-order valence-corrected chi connectivity index (χ3v) is 6.20. The number of methoxy groups -OCH3 is 1. The summed E-state index contributed by atoms with van der Waals surface area (Å²) in [7, 11) is 1.43. The number of nitrogens with zero attached hydrogens (tertiary/aromatic N) is 1. The Morgan fingerprint density at radius 3 is 2.62 bits per heavy atom. The highest BCUT2D eigenvalue weighted by Crippen LogP contribution is 2.26. The molecule has 8 heteroatoms. The molecule has 1 aliphatic heterocycles. The van der Waals surface area contributed by atoms with Crippen LogP contribution in [0.4, 0.5) is 11.4 Å². The summed E-state index contributed by atoms with van der Waals surface area (Å²) in [6.45, 7) is 1.56. The molecule has 26 heavy (non-hydrogen) atoms. The van der Waals surface area contributed by atoms with E-state index in [4.69, 9.17) is 4.74 Å². The number of aromatic amines is 1. The van der Waals surface area contributed by atoms with Gasteiger partial charge in [0.2, 0.25) is 0 Å². The van der Waals surface area contributed by atoms with Gasteiger partial charge in [-0.05, 0) is 75.0 Å². The van der Waals surface area contributed by atoms with Crippen LogP contribution >= 0.6 is 31.9 Å². The van der Waals surface area contributed by atoms with Crippen molar-refractivity contribution < 1.29 is 14.3 Å². The van der Waals surface area contributed by atoms with Gasteiger partial charge in [-0.15, -0.1) is 0 Å². The van der Waals surface area contributed by atoms with Gasteiger partial charge in [-0.3, -0.25) is 9.59 Å². The van der Waals surface area contributed by atoms with Crippen molar-refractivity contribution in [1.29, 1.82) is 0 Å². The van der Waals surface area contributed by atoms with Crippen LogP contribution < -0.4 is 10.2 Å². The summed E-state index contributed by atoms with van der Waals surface area (Å²) in [6, 6.07) is 9.35. The number of anilines is 2. The zero-order chi connectivity index (χ0) is 18.7. The van der Waals surface area contributed by atoms with Crippen molar-refractivity contribution >= 4 is 55.1 Å². The third-order valence-electron chi connectivity index (χ3n) is 4.42. The molecule has 0 saturated carbocycles. The maximum Gasteiger partial charge on any atom is 0.310 e. The predicted molar refractivity (Wildman–Crippen MR) is 108 cm³/mol. The highest BCUT2D eigenvalue weighted by molar-refractivity contribution is 9.13. The Labute approximate surface area is 168 Å². The second-order valence-electron chi connectivity index (χ2n) is 6.15. The molecule has 1 atom stereocenters. The lowest BCUT2D eigenvalue weighted by atomic mass is 9.97. The van der Waals surface area contributed by atoms with Gasteiger partial charge in [0.05, 0.1) is 22.1 Å². The first kappa shape index (κ1) is 19.0. The summed E-state index contributed by atoms with van der Waals surface area (Å²) < 4.78 is 6.39. The zero-order valence-corrected chi connectivity index (χ0v) is 17.4. The van der Waals surface area contributed by atoms with E-state index in [0.717, 1.165) is 34.1 Å². The van der Waals surface area contributed by atoms with Crippen molar-refractivity contribution in [1.82, 2.24) is 4.98 Å². The lowest BCUT2D eigenvalue weighted by Crippen LogP contribution is -2.39. The van der Waals surface area contributed by atoms with Gasteiger partial charge in [0.25, 0.3) is 5.91 Å². The number of hydrogen-bond donors (Lipinski definition) is 2. The van der Waals surface area contributed by atoms with E-state index in [0.29, 0.717) is 17.9 Å². The molecular formula is C18H19Br2N3O3. The molecule has 2 N–H and O–H groups in total. The summed E-state index contributed by atoms with van der Waals surface area (Å²) >= 11 is 6.67. The number of carbonyl (C=O) groups is 2. The van der Waals surface area contributed by atoms with E-state index in [9.17, 15) is 9.59 Å². The second kappa shape index (κ2) is 8.26. The summed E-state index contributed by atoms with van der Waals surface area (Å²) in [5.74, 6) is -0.451. The van der Waals surface area contributed by atoms with Crippen LogP contribution in [0.25, 0.3) is 0 Å². The van der Waals surface area contributed by atoms with Crippen LogP contribution in [0.2, 0.25) is 0 Å². The second-order valence-corrected chi connectivity index (χ2v) is 7.80. The van der Waals surface area contributed by atoms with E-state index in [1.165, 1.54) is 7.11 Å². The molecule has 3 rings (SSSR count). The van der Waals surface area contributed by atoms with Crippen molar-refractivity contribution in [2.75, 3.05) is 30.4 Å². The predicted octanol–water partition coefficient (Wildman–Crippen LogP) is 4.18. The van der Waals surface area contributed by atoms with Gasteiger partial charge >= 0.3 is 5.97 Å². The largest absolute Gasteiger partial charge is 0.469 e. The number of hydrogen-bond acceptors (Lipinski definition) is 4. The molecule has 1 aromatic heterocycles. The van der Waals surface area contributed by atoms with Gasteiger partial charge in [0.1, 0.15) is 5.69 Å². The average Bonchev–Trinajstić information content (AvgIpc) is 3.00. The number of H-pyrrole nitrogens is 1. The van der Waals surface area contributed by atoms with Gasteiger partial charge in [0.15, 0.2) is 0 Å². The van der Waals surface area contributed by atoms with Crippen molar-refractivity contribution in [3.8, 4) is 0 Å². The number of carbonyl (C=O) groups excluding carboxylic acids is 2. The SMILES string of the molecule is COC(=O)C1CCCN(c2ccc(NC(=O)c3cc(Br)c(Br)[nH]3)cc2)C1. The molecule has 1 aromatic carbocycles. The molecule has 1 aliphatic rings. The van der Waals surface area contributed by atoms with Crippen molar-refractivity contribution in [3.63, 3.8) is 0 Å². The Bertz CT molecular complexity index is 785. The molecule has 138 valence electrons. The summed E-state index contributed by atoms with van der Waals surface area (Å²) in [6.07, 6.45) is 1.81. The Hall–Kier alpha value is -1.80. The van der Waals surface area contributed by atoms with Gasteiger partial charge < -0.3 is 19.9 Å². The molecule has 6 nitrogen and oxygen atoms in total. The molecule has 0 radical (unpaired) electrons. The fraction of sp³-hybridized carbons (Fsp3) is 0.333. The van der Waals surface area contributed by atoms with Gasteiger partial charge in [-0.25, -0.2) is 0 Å². The summed E-state index contributed by atoms with van der Waals surface area (Å²) in [5.41, 5.74) is 2.20. The van der Waals surface area contributed by atoms with E-state index in [1.54, 1.807) is 6.07 Å². The van der Waals surface area contributed by atoms with Crippen LogP contribution in [0.15, 0.2) is 39.4 Å². The first-order chi connectivity index (χ1) is 12.5. The van der Waals surface area contributed by atoms with E-state index in [2.05, 4.69) is 47.1 Å². The number of esters is 1. The monoisotopic (exact) mass is 483 g/mol. The van der Waals surface area contributed by atoms with E-state index < -0.39 is 0 Å². The number of amides is 1. The Kier molecular flexibility index (Phi) is 6.03. The lowest BCUT2D eigenvalue weighted by molar-refractivity contribution is -0.145. The van der Waals surface area contributed by atoms with Crippen LogP contribution in [0.5, 0.6) is 0 Å². The number of rotatable bonds is 4. The van der Waals surface area contributed by atoms with Crippen LogP contribution in [-0.2, 0) is 9.53 Å². The highest BCUT2D eigenvalue weighted by Gasteiger charge is 2.26. The van der Waals surface area contributed by atoms with Crippen molar-refractivity contribution in [2.24, 2.45) is 5.92 Å². The maximum absolute atomic E-state index is 12.3. The fourth-order valence-electron chi connectivity index (χ4n) is 3.05. The maximum atomic E-state index is 12.3. The third kappa shape index (κ3) is 4.29. The van der Waals surface area contributed by atoms with E-state index in [-0.39, 0.29) is 17.8 Å². The molecule has 0 aliphatic carbocycles. The number of aromatic nitrogens is 1. The lowest BCUT2D eigenvalue weighted by Gasteiger charge is -2.33. The number of ether oxygens (including phenoxy) is 1. The standard InChI is InChI=1S/C18H19Br2N3O3/c1-26-18(25)11-3-2-8-23(10-11)13-6-4-12(5-7-13)21-17(24)15-9-14(19)16(20)22-15/h4-7,9,11,22H,2-3,8,10H2,1H3,(H,21,24).